The van der Waals surface area contributed by atoms with Crippen molar-refractivity contribution < 1.29 is 19.2 Å². The Morgan fingerprint density at radius 2 is 1.68 bits per heavy atom. The summed E-state index contributed by atoms with van der Waals surface area (Å²) in [5.74, 6) is -1.64. The number of imide groups is 1. The molecule has 0 saturated carbocycles. The number of likely N-dealkylation sites (tertiary alicyclic amines) is 1. The summed E-state index contributed by atoms with van der Waals surface area (Å²) in [5, 5.41) is 3.24. The fraction of sp³-hybridized carbons (Fsp3) is 0.400. The normalized spacial score (nSPS) is 20.9. The number of hydrogen-bond donors (Lipinski definition) is 1. The highest BCUT2D eigenvalue weighted by Crippen LogP contribution is 2.35. The van der Waals surface area contributed by atoms with Crippen molar-refractivity contribution in [1.82, 2.24) is 9.80 Å². The zero-order valence-corrected chi connectivity index (χ0v) is 16.3. The van der Waals surface area contributed by atoms with Crippen LogP contribution in [0.25, 0.3) is 0 Å². The molecule has 0 unspecified atom stereocenters. The lowest BCUT2D eigenvalue weighted by Crippen LogP contribution is -2.38. The van der Waals surface area contributed by atoms with Crippen LogP contribution in [-0.4, -0.2) is 53.6 Å². The van der Waals surface area contributed by atoms with E-state index in [2.05, 4.69) is 5.32 Å². The first kappa shape index (κ1) is 20.1. The highest BCUT2D eigenvalue weighted by atomic mass is 35.5. The Hall–Kier alpha value is -2.67. The zero-order valence-electron chi connectivity index (χ0n) is 15.6. The molecule has 0 aromatic heterocycles. The van der Waals surface area contributed by atoms with Gasteiger partial charge in [0, 0.05) is 30.7 Å². The fourth-order valence-corrected chi connectivity index (χ4v) is 3.65. The molecule has 1 aliphatic carbocycles. The molecule has 2 atom stereocenters. The number of amides is 4. The third-order valence-corrected chi connectivity index (χ3v) is 5.33. The molecule has 0 radical (unpaired) electrons. The highest BCUT2D eigenvalue weighted by molar-refractivity contribution is 6.30. The third kappa shape index (κ3) is 4.42. The van der Waals surface area contributed by atoms with Gasteiger partial charge in [0.1, 0.15) is 0 Å². The van der Waals surface area contributed by atoms with Crippen LogP contribution in [0.5, 0.6) is 0 Å². The first-order chi connectivity index (χ1) is 13.4. The van der Waals surface area contributed by atoms with E-state index < -0.39 is 0 Å². The van der Waals surface area contributed by atoms with Crippen molar-refractivity contribution in [2.75, 3.05) is 25.5 Å². The molecule has 0 bridgehead atoms. The van der Waals surface area contributed by atoms with E-state index >= 15 is 0 Å². The van der Waals surface area contributed by atoms with Gasteiger partial charge in [-0.2, -0.15) is 0 Å². The Balaban J connectivity index is 1.48. The van der Waals surface area contributed by atoms with Gasteiger partial charge in [-0.15, -0.1) is 0 Å². The maximum atomic E-state index is 12.4. The van der Waals surface area contributed by atoms with Gasteiger partial charge in [-0.3, -0.25) is 24.1 Å². The summed E-state index contributed by atoms with van der Waals surface area (Å²) in [6.07, 6.45) is 4.99. The summed E-state index contributed by atoms with van der Waals surface area (Å²) in [6.45, 7) is -0.0782. The van der Waals surface area contributed by atoms with E-state index in [0.29, 0.717) is 23.6 Å². The van der Waals surface area contributed by atoms with E-state index in [1.54, 1.807) is 24.3 Å². The number of carbonyl (C=O) groups is 4. The number of allylic oxidation sites excluding steroid dienone is 2. The van der Waals surface area contributed by atoms with Crippen LogP contribution in [0.15, 0.2) is 36.4 Å². The molecule has 3 rings (SSSR count). The van der Waals surface area contributed by atoms with E-state index in [4.69, 9.17) is 11.6 Å². The van der Waals surface area contributed by atoms with E-state index in [0.717, 1.165) is 0 Å². The summed E-state index contributed by atoms with van der Waals surface area (Å²) in [6, 6.07) is 6.65. The highest BCUT2D eigenvalue weighted by Gasteiger charge is 2.46. The molecule has 4 amide bonds. The summed E-state index contributed by atoms with van der Waals surface area (Å²) in [7, 11) is 1.51. The maximum Gasteiger partial charge on any atom is 0.243 e. The Bertz CT molecular complexity index is 795. The number of benzene rings is 1. The first-order valence-electron chi connectivity index (χ1n) is 9.16. The average molecular weight is 404 g/mol. The van der Waals surface area contributed by atoms with Crippen molar-refractivity contribution >= 4 is 40.9 Å². The lowest BCUT2D eigenvalue weighted by Gasteiger charge is -2.19. The van der Waals surface area contributed by atoms with Gasteiger partial charge in [0.05, 0.1) is 18.4 Å². The zero-order chi connectivity index (χ0) is 20.3. The van der Waals surface area contributed by atoms with Crippen LogP contribution in [0.4, 0.5) is 5.69 Å². The van der Waals surface area contributed by atoms with Gasteiger partial charge in [-0.1, -0.05) is 23.8 Å². The Morgan fingerprint density at radius 3 is 2.25 bits per heavy atom. The molecule has 1 fully saturated rings. The largest absolute Gasteiger partial charge is 0.336 e. The van der Waals surface area contributed by atoms with Crippen LogP contribution in [0.1, 0.15) is 19.3 Å². The Labute approximate surface area is 168 Å². The van der Waals surface area contributed by atoms with Crippen LogP contribution in [0.3, 0.4) is 0 Å². The molecule has 28 heavy (non-hydrogen) atoms. The minimum atomic E-state index is -0.344. The monoisotopic (exact) mass is 403 g/mol. The quantitative estimate of drug-likeness (QED) is 0.582. The number of anilines is 1. The molecular weight excluding hydrogens is 382 g/mol. The summed E-state index contributed by atoms with van der Waals surface area (Å²) in [4.78, 5) is 51.7. The molecule has 148 valence electrons. The number of hydrogen-bond acceptors (Lipinski definition) is 4. The predicted molar refractivity (Wildman–Crippen MR) is 104 cm³/mol. The molecule has 7 nitrogen and oxygen atoms in total. The standard InChI is InChI=1S/C20H22ClN3O4/c1-23(12-17(25)22-14-8-6-13(21)7-9-14)18(26)10-11-24-19(27)15-4-2-3-5-16(15)20(24)28/h2-3,6-9,15-16H,4-5,10-12H2,1H3,(H,22,25)/t15-,16-/m1/s1. The topological polar surface area (TPSA) is 86.8 Å². The lowest BCUT2D eigenvalue weighted by molar-refractivity contribution is -0.141. The number of nitrogens with one attached hydrogen (secondary N) is 1. The van der Waals surface area contributed by atoms with E-state index in [-0.39, 0.29) is 55.0 Å². The second kappa shape index (κ2) is 8.56. The lowest BCUT2D eigenvalue weighted by atomic mass is 9.85. The van der Waals surface area contributed by atoms with Gasteiger partial charge in [0.2, 0.25) is 23.6 Å². The number of nitrogens with zero attached hydrogens (tertiary/aromatic N) is 2. The van der Waals surface area contributed by atoms with Crippen molar-refractivity contribution in [3.63, 3.8) is 0 Å². The molecule has 1 N–H and O–H groups in total. The summed E-state index contributed by atoms with van der Waals surface area (Å²) < 4.78 is 0. The molecule has 2 aliphatic rings. The maximum absolute atomic E-state index is 12.4. The molecule has 1 aliphatic heterocycles. The minimum absolute atomic E-state index is 0.00489. The van der Waals surface area contributed by atoms with Crippen LogP contribution in [0.2, 0.25) is 5.02 Å². The summed E-state index contributed by atoms with van der Waals surface area (Å²) in [5.41, 5.74) is 0.583. The number of fused-ring (bicyclic) bond motifs is 1. The van der Waals surface area contributed by atoms with Gasteiger partial charge >= 0.3 is 0 Å². The van der Waals surface area contributed by atoms with Crippen molar-refractivity contribution in [2.24, 2.45) is 11.8 Å². The fourth-order valence-electron chi connectivity index (χ4n) is 3.53. The van der Waals surface area contributed by atoms with Crippen molar-refractivity contribution in [3.8, 4) is 0 Å². The molecule has 1 aromatic rings. The predicted octanol–water partition coefficient (Wildman–Crippen LogP) is 2.08. The number of halogens is 1. The van der Waals surface area contributed by atoms with E-state index in [9.17, 15) is 19.2 Å². The second-order valence-corrected chi connectivity index (χ2v) is 7.48. The number of likely N-dealkylation sites (N-methyl/N-ethyl adjacent to an activating group) is 1. The molecule has 0 spiro atoms. The van der Waals surface area contributed by atoms with Gasteiger partial charge in [-0.05, 0) is 37.1 Å². The van der Waals surface area contributed by atoms with Crippen molar-refractivity contribution in [2.45, 2.75) is 19.3 Å². The molecular formula is C20H22ClN3O4. The van der Waals surface area contributed by atoms with Gasteiger partial charge in [0.15, 0.2) is 0 Å². The van der Waals surface area contributed by atoms with E-state index in [1.165, 1.54) is 16.8 Å². The van der Waals surface area contributed by atoms with Gasteiger partial charge < -0.3 is 10.2 Å². The van der Waals surface area contributed by atoms with Crippen LogP contribution in [0, 0.1) is 11.8 Å². The second-order valence-electron chi connectivity index (χ2n) is 7.04. The SMILES string of the molecule is CN(CC(=O)Nc1ccc(Cl)cc1)C(=O)CCN1C(=O)[C@@H]2CC=CC[C@H]2C1=O. The molecule has 8 heteroatoms. The van der Waals surface area contributed by atoms with Crippen molar-refractivity contribution in [3.05, 3.63) is 41.4 Å². The van der Waals surface area contributed by atoms with Gasteiger partial charge in [-0.25, -0.2) is 0 Å². The minimum Gasteiger partial charge on any atom is -0.336 e. The van der Waals surface area contributed by atoms with E-state index in [1.807, 2.05) is 12.2 Å². The number of rotatable bonds is 6. The smallest absolute Gasteiger partial charge is 0.243 e. The van der Waals surface area contributed by atoms with Crippen LogP contribution >= 0.6 is 11.6 Å². The Kier molecular flexibility index (Phi) is 6.14. The Morgan fingerprint density at radius 1 is 1.11 bits per heavy atom. The third-order valence-electron chi connectivity index (χ3n) is 5.08. The van der Waals surface area contributed by atoms with Crippen LogP contribution in [-0.2, 0) is 19.2 Å². The molecule has 1 heterocycles. The molecule has 1 aromatic carbocycles. The first-order valence-corrected chi connectivity index (χ1v) is 9.54. The van der Waals surface area contributed by atoms with Gasteiger partial charge in [0.25, 0.3) is 0 Å². The van der Waals surface area contributed by atoms with Crippen molar-refractivity contribution in [1.29, 1.82) is 0 Å². The number of carbonyl (C=O) groups excluding carboxylic acids is 4. The van der Waals surface area contributed by atoms with Crippen LogP contribution < -0.4 is 5.32 Å². The average Bonchev–Trinajstić information content (AvgIpc) is 2.92. The summed E-state index contributed by atoms with van der Waals surface area (Å²) >= 11 is 5.80. The molecule has 1 saturated heterocycles.